The fraction of sp³-hybridized carbons (Fsp3) is 0.357. The molecule has 7 heteroatoms. The molecule has 0 aliphatic carbocycles. The van der Waals surface area contributed by atoms with Gasteiger partial charge in [0.05, 0.1) is 13.1 Å². The number of aromatic nitrogens is 3. The molecule has 1 aromatic heterocycles. The standard InChI is InChI=1S/C14H18N6.HI/c1-11-6-16-14(19-11)17-7-12-4-2-3-5-13(12)8-20-10-15-9-18-20;/h2-5,9-11H,6-8H2,1H3,(H2,16,17,19);1H. The fourth-order valence-electron chi connectivity index (χ4n) is 2.21. The molecule has 2 heterocycles. The van der Waals surface area contributed by atoms with Gasteiger partial charge in [-0.2, -0.15) is 5.10 Å². The summed E-state index contributed by atoms with van der Waals surface area (Å²) < 4.78 is 1.83. The maximum Gasteiger partial charge on any atom is 0.191 e. The highest BCUT2D eigenvalue weighted by Gasteiger charge is 2.12. The highest BCUT2D eigenvalue weighted by Crippen LogP contribution is 2.10. The van der Waals surface area contributed by atoms with E-state index >= 15 is 0 Å². The lowest BCUT2D eigenvalue weighted by Crippen LogP contribution is -2.37. The monoisotopic (exact) mass is 398 g/mol. The Morgan fingerprint density at radius 1 is 1.33 bits per heavy atom. The molecule has 3 rings (SSSR count). The molecule has 1 aromatic carbocycles. The van der Waals surface area contributed by atoms with Crippen LogP contribution in [0.4, 0.5) is 0 Å². The molecule has 0 amide bonds. The molecular weight excluding hydrogens is 379 g/mol. The quantitative estimate of drug-likeness (QED) is 0.764. The Balaban J connectivity index is 0.00000161. The van der Waals surface area contributed by atoms with E-state index in [-0.39, 0.29) is 24.0 Å². The number of nitrogens with zero attached hydrogens (tertiary/aromatic N) is 4. The zero-order valence-corrected chi connectivity index (χ0v) is 14.2. The van der Waals surface area contributed by atoms with Gasteiger partial charge in [-0.25, -0.2) is 9.67 Å². The minimum absolute atomic E-state index is 0. The summed E-state index contributed by atoms with van der Waals surface area (Å²) in [5.41, 5.74) is 2.48. The Hall–Kier alpha value is -1.64. The van der Waals surface area contributed by atoms with Gasteiger partial charge in [0, 0.05) is 12.6 Å². The Kier molecular flexibility index (Phi) is 5.54. The van der Waals surface area contributed by atoms with Crippen LogP contribution in [0.3, 0.4) is 0 Å². The van der Waals surface area contributed by atoms with Crippen LogP contribution in [0.15, 0.2) is 41.9 Å². The van der Waals surface area contributed by atoms with Crippen molar-refractivity contribution < 1.29 is 0 Å². The second-order valence-electron chi connectivity index (χ2n) is 4.95. The van der Waals surface area contributed by atoms with E-state index in [1.54, 1.807) is 12.7 Å². The Labute approximate surface area is 141 Å². The summed E-state index contributed by atoms with van der Waals surface area (Å²) in [5.74, 6) is 0.882. The zero-order valence-electron chi connectivity index (χ0n) is 11.9. The van der Waals surface area contributed by atoms with Gasteiger partial charge in [-0.1, -0.05) is 24.3 Å². The molecule has 1 atom stereocenters. The minimum Gasteiger partial charge on any atom is -0.352 e. The molecule has 0 spiro atoms. The molecule has 21 heavy (non-hydrogen) atoms. The van der Waals surface area contributed by atoms with E-state index < -0.39 is 0 Å². The van der Waals surface area contributed by atoms with Gasteiger partial charge in [-0.3, -0.25) is 4.99 Å². The number of benzene rings is 1. The Bertz CT molecular complexity index is 595. The first kappa shape index (κ1) is 15.7. The summed E-state index contributed by atoms with van der Waals surface area (Å²) in [6.07, 6.45) is 3.29. The first-order valence-corrected chi connectivity index (χ1v) is 6.75. The molecule has 1 unspecified atom stereocenters. The maximum atomic E-state index is 4.40. The van der Waals surface area contributed by atoms with Crippen molar-refractivity contribution in [3.8, 4) is 0 Å². The topological polar surface area (TPSA) is 67.1 Å². The highest BCUT2D eigenvalue weighted by atomic mass is 127. The summed E-state index contributed by atoms with van der Waals surface area (Å²) in [7, 11) is 0. The molecule has 0 bridgehead atoms. The third kappa shape index (κ3) is 4.16. The summed E-state index contributed by atoms with van der Waals surface area (Å²) in [5, 5.41) is 10.8. The molecule has 2 N–H and O–H groups in total. The van der Waals surface area contributed by atoms with E-state index in [4.69, 9.17) is 0 Å². The molecule has 6 nitrogen and oxygen atoms in total. The average Bonchev–Trinajstić information content (AvgIpc) is 3.10. The summed E-state index contributed by atoms with van der Waals surface area (Å²) in [6.45, 7) is 4.44. The van der Waals surface area contributed by atoms with Crippen molar-refractivity contribution >= 4 is 29.9 Å². The molecule has 0 saturated carbocycles. The number of rotatable bonds is 4. The average molecular weight is 398 g/mol. The van der Waals surface area contributed by atoms with Gasteiger partial charge in [0.2, 0.25) is 0 Å². The smallest absolute Gasteiger partial charge is 0.191 e. The predicted octanol–water partition coefficient (Wildman–Crippen LogP) is 1.38. The van der Waals surface area contributed by atoms with Crippen molar-refractivity contribution in [3.63, 3.8) is 0 Å². The highest BCUT2D eigenvalue weighted by molar-refractivity contribution is 14.0. The van der Waals surface area contributed by atoms with Crippen LogP contribution in [0.1, 0.15) is 18.1 Å². The van der Waals surface area contributed by atoms with Gasteiger partial charge >= 0.3 is 0 Å². The molecule has 2 aromatic rings. The van der Waals surface area contributed by atoms with Gasteiger partial charge < -0.3 is 10.6 Å². The lowest BCUT2D eigenvalue weighted by Gasteiger charge is -2.12. The molecule has 112 valence electrons. The van der Waals surface area contributed by atoms with Crippen LogP contribution < -0.4 is 10.6 Å². The Morgan fingerprint density at radius 2 is 2.14 bits per heavy atom. The van der Waals surface area contributed by atoms with Crippen LogP contribution in [0, 0.1) is 0 Å². The first-order chi connectivity index (χ1) is 9.81. The van der Waals surface area contributed by atoms with Crippen LogP contribution in [-0.2, 0) is 13.1 Å². The van der Waals surface area contributed by atoms with Gasteiger partial charge in [0.15, 0.2) is 5.96 Å². The van der Waals surface area contributed by atoms with Crippen molar-refractivity contribution in [3.05, 3.63) is 48.0 Å². The van der Waals surface area contributed by atoms with Crippen LogP contribution in [0.5, 0.6) is 0 Å². The van der Waals surface area contributed by atoms with Crippen molar-refractivity contribution in [2.75, 3.05) is 6.54 Å². The first-order valence-electron chi connectivity index (χ1n) is 6.75. The van der Waals surface area contributed by atoms with E-state index in [1.165, 1.54) is 11.1 Å². The third-order valence-corrected chi connectivity index (χ3v) is 3.27. The van der Waals surface area contributed by atoms with E-state index in [1.807, 2.05) is 16.8 Å². The van der Waals surface area contributed by atoms with Gasteiger partial charge in [0.1, 0.15) is 12.7 Å². The number of aliphatic imine (C=N–C) groups is 1. The molecule has 0 radical (unpaired) electrons. The van der Waals surface area contributed by atoms with Crippen LogP contribution >= 0.6 is 24.0 Å². The van der Waals surface area contributed by atoms with Crippen LogP contribution in [-0.4, -0.2) is 33.3 Å². The van der Waals surface area contributed by atoms with Gasteiger partial charge in [-0.15, -0.1) is 24.0 Å². The number of hydrogen-bond donors (Lipinski definition) is 2. The largest absolute Gasteiger partial charge is 0.352 e. The molecule has 0 fully saturated rings. The van der Waals surface area contributed by atoms with Crippen LogP contribution in [0.25, 0.3) is 0 Å². The molecule has 1 aliphatic rings. The minimum atomic E-state index is 0. The lowest BCUT2D eigenvalue weighted by atomic mass is 10.1. The van der Waals surface area contributed by atoms with Crippen molar-refractivity contribution in [1.29, 1.82) is 0 Å². The normalized spacial score (nSPS) is 16.8. The SMILES string of the molecule is CC1CN=C(NCc2ccccc2Cn2cncn2)N1.I. The predicted molar refractivity (Wildman–Crippen MR) is 92.7 cm³/mol. The van der Waals surface area contributed by atoms with E-state index in [0.717, 1.165) is 25.6 Å². The van der Waals surface area contributed by atoms with Gasteiger partial charge in [-0.05, 0) is 18.1 Å². The van der Waals surface area contributed by atoms with Crippen molar-refractivity contribution in [1.82, 2.24) is 25.4 Å². The van der Waals surface area contributed by atoms with Crippen molar-refractivity contribution in [2.24, 2.45) is 4.99 Å². The molecular formula is C14H19IN6. The number of nitrogens with one attached hydrogen (secondary N) is 2. The summed E-state index contributed by atoms with van der Waals surface area (Å²) in [4.78, 5) is 8.38. The fourth-order valence-corrected chi connectivity index (χ4v) is 2.21. The van der Waals surface area contributed by atoms with Gasteiger partial charge in [0.25, 0.3) is 0 Å². The second kappa shape index (κ2) is 7.39. The zero-order chi connectivity index (χ0) is 13.8. The number of guanidine groups is 1. The second-order valence-corrected chi connectivity index (χ2v) is 4.95. The maximum absolute atomic E-state index is 4.40. The Morgan fingerprint density at radius 3 is 2.81 bits per heavy atom. The third-order valence-electron chi connectivity index (χ3n) is 3.27. The van der Waals surface area contributed by atoms with Crippen LogP contribution in [0.2, 0.25) is 0 Å². The van der Waals surface area contributed by atoms with E-state index in [9.17, 15) is 0 Å². The van der Waals surface area contributed by atoms with E-state index in [2.05, 4.69) is 44.8 Å². The number of halogens is 1. The summed E-state index contributed by atoms with van der Waals surface area (Å²) >= 11 is 0. The lowest BCUT2D eigenvalue weighted by molar-refractivity contribution is 0.675. The van der Waals surface area contributed by atoms with Crippen molar-refractivity contribution in [2.45, 2.75) is 26.1 Å². The molecule has 1 aliphatic heterocycles. The number of hydrogen-bond acceptors (Lipinski definition) is 5. The van der Waals surface area contributed by atoms with E-state index in [0.29, 0.717) is 6.04 Å². The molecule has 0 saturated heterocycles. The summed E-state index contributed by atoms with van der Waals surface area (Å²) in [6, 6.07) is 8.75.